The highest BCUT2D eigenvalue weighted by atomic mass is 127. The average molecular weight is 344 g/mol. The van der Waals surface area contributed by atoms with Crippen LogP contribution < -0.4 is 0 Å². The van der Waals surface area contributed by atoms with E-state index in [4.69, 9.17) is 0 Å². The second-order valence-corrected chi connectivity index (χ2v) is 5.04. The van der Waals surface area contributed by atoms with Crippen molar-refractivity contribution >= 4 is 22.6 Å². The second kappa shape index (κ2) is 9.66. The lowest BCUT2D eigenvalue weighted by Crippen LogP contribution is -2.00. The van der Waals surface area contributed by atoms with Crippen LogP contribution in [0.25, 0.3) is 0 Å². The molecule has 0 aliphatic heterocycles. The maximum atomic E-state index is 9.49. The number of hydrogen-bond acceptors (Lipinski definition) is 1. The molecule has 17 heavy (non-hydrogen) atoms. The first-order valence-corrected chi connectivity index (χ1v) is 7.56. The summed E-state index contributed by atoms with van der Waals surface area (Å²) in [4.78, 5) is 0. The number of aryl methyl sites for hydroxylation is 1. The van der Waals surface area contributed by atoms with Gasteiger partial charge in [-0.05, 0) is 28.9 Å². The van der Waals surface area contributed by atoms with Gasteiger partial charge in [0.25, 0.3) is 0 Å². The first kappa shape index (κ1) is 14.7. The van der Waals surface area contributed by atoms with Crippen molar-refractivity contribution in [3.05, 3.63) is 46.1 Å². The van der Waals surface area contributed by atoms with Crippen molar-refractivity contribution < 1.29 is 5.11 Å². The topological polar surface area (TPSA) is 20.2 Å². The van der Waals surface area contributed by atoms with Crippen molar-refractivity contribution in [2.45, 2.75) is 44.6 Å². The van der Waals surface area contributed by atoms with E-state index in [0.717, 1.165) is 12.8 Å². The first-order valence-electron chi connectivity index (χ1n) is 6.32. The predicted octanol–water partition coefficient (Wildman–Crippen LogP) is 4.49. The highest BCUT2D eigenvalue weighted by Crippen LogP contribution is 2.10. The minimum Gasteiger partial charge on any atom is -0.389 e. The summed E-state index contributed by atoms with van der Waals surface area (Å²) >= 11 is 2.14. The minimum absolute atomic E-state index is 0.249. The van der Waals surface area contributed by atoms with Crippen LogP contribution in [-0.2, 0) is 6.42 Å². The summed E-state index contributed by atoms with van der Waals surface area (Å²) in [5.74, 6) is 0. The zero-order valence-corrected chi connectivity index (χ0v) is 12.3. The molecule has 1 nitrogen and oxygen atoms in total. The fourth-order valence-corrected chi connectivity index (χ4v) is 2.34. The average Bonchev–Trinajstić information content (AvgIpc) is 2.35. The molecule has 1 aromatic carbocycles. The van der Waals surface area contributed by atoms with E-state index in [2.05, 4.69) is 52.9 Å². The number of halogens is 1. The maximum absolute atomic E-state index is 9.49. The molecular weight excluding hydrogens is 323 g/mol. The number of unbranched alkanes of at least 4 members (excludes halogenated alkanes) is 3. The molecule has 1 N–H and O–H groups in total. The molecule has 0 heterocycles. The molecule has 1 atom stereocenters. The van der Waals surface area contributed by atoms with Gasteiger partial charge in [0.05, 0.1) is 6.10 Å². The van der Waals surface area contributed by atoms with E-state index in [1.807, 2.05) is 10.2 Å². The molecule has 0 aromatic heterocycles. The van der Waals surface area contributed by atoms with Gasteiger partial charge < -0.3 is 5.11 Å². The van der Waals surface area contributed by atoms with Crippen LogP contribution >= 0.6 is 22.6 Å². The number of benzene rings is 1. The Bertz CT molecular complexity index is 308. The standard InChI is InChI=1S/C15H21IO/c16-13-12-15(17)11-7-2-1-4-8-14-9-5-3-6-10-14/h3,5-6,9-10,12-13,15,17H,1-2,4,7-8,11H2. The van der Waals surface area contributed by atoms with E-state index < -0.39 is 0 Å². The van der Waals surface area contributed by atoms with Gasteiger partial charge in [0.15, 0.2) is 0 Å². The highest BCUT2D eigenvalue weighted by Gasteiger charge is 1.98. The third-order valence-corrected chi connectivity index (χ3v) is 3.27. The molecule has 0 saturated carbocycles. The molecule has 0 amide bonds. The van der Waals surface area contributed by atoms with E-state index >= 15 is 0 Å². The Kier molecular flexibility index (Phi) is 8.36. The Hall–Kier alpha value is -0.350. The van der Waals surface area contributed by atoms with Gasteiger partial charge in [-0.25, -0.2) is 0 Å². The third-order valence-electron chi connectivity index (χ3n) is 2.85. The summed E-state index contributed by atoms with van der Waals surface area (Å²) in [7, 11) is 0. The predicted molar refractivity (Wildman–Crippen MR) is 82.4 cm³/mol. The molecule has 0 aliphatic carbocycles. The molecule has 2 heteroatoms. The summed E-state index contributed by atoms with van der Waals surface area (Å²) in [5.41, 5.74) is 1.43. The van der Waals surface area contributed by atoms with Crippen LogP contribution in [0.3, 0.4) is 0 Å². The Morgan fingerprint density at radius 2 is 1.76 bits per heavy atom. The summed E-state index contributed by atoms with van der Waals surface area (Å²) in [6.07, 6.45) is 8.53. The van der Waals surface area contributed by atoms with Gasteiger partial charge in [-0.1, -0.05) is 78.3 Å². The number of aliphatic hydroxyl groups is 1. The normalized spacial score (nSPS) is 13.1. The van der Waals surface area contributed by atoms with Crippen LogP contribution in [0.15, 0.2) is 40.5 Å². The molecule has 0 radical (unpaired) electrons. The zero-order chi connectivity index (χ0) is 12.3. The van der Waals surface area contributed by atoms with Crippen molar-refractivity contribution in [1.29, 1.82) is 0 Å². The van der Waals surface area contributed by atoms with Crippen LogP contribution in [0.5, 0.6) is 0 Å². The molecule has 1 rings (SSSR count). The van der Waals surface area contributed by atoms with Gasteiger partial charge >= 0.3 is 0 Å². The molecule has 94 valence electrons. The molecule has 0 aliphatic rings. The smallest absolute Gasteiger partial charge is 0.0728 e. The van der Waals surface area contributed by atoms with Crippen LogP contribution in [0.2, 0.25) is 0 Å². The SMILES string of the molecule is OC(C=CI)CCCCCCc1ccccc1. The number of hydrogen-bond donors (Lipinski definition) is 1. The molecule has 0 saturated heterocycles. The fourth-order valence-electron chi connectivity index (χ4n) is 1.86. The van der Waals surface area contributed by atoms with Crippen LogP contribution in [-0.4, -0.2) is 11.2 Å². The summed E-state index contributed by atoms with van der Waals surface area (Å²) < 4.78 is 1.89. The zero-order valence-electron chi connectivity index (χ0n) is 10.2. The van der Waals surface area contributed by atoms with Crippen molar-refractivity contribution in [2.75, 3.05) is 0 Å². The van der Waals surface area contributed by atoms with Crippen molar-refractivity contribution in [2.24, 2.45) is 0 Å². The maximum Gasteiger partial charge on any atom is 0.0728 e. The lowest BCUT2D eigenvalue weighted by atomic mass is 10.0. The van der Waals surface area contributed by atoms with Gasteiger partial charge in [-0.2, -0.15) is 0 Å². The monoisotopic (exact) mass is 344 g/mol. The molecule has 0 spiro atoms. The van der Waals surface area contributed by atoms with Gasteiger partial charge in [0, 0.05) is 0 Å². The summed E-state index contributed by atoms with van der Waals surface area (Å²) in [6.45, 7) is 0. The minimum atomic E-state index is -0.249. The largest absolute Gasteiger partial charge is 0.389 e. The summed E-state index contributed by atoms with van der Waals surface area (Å²) in [5, 5.41) is 9.49. The Balaban J connectivity index is 1.98. The van der Waals surface area contributed by atoms with E-state index in [0.29, 0.717) is 0 Å². The van der Waals surface area contributed by atoms with E-state index in [9.17, 15) is 5.11 Å². The number of rotatable bonds is 8. The Morgan fingerprint density at radius 1 is 1.06 bits per heavy atom. The lowest BCUT2D eigenvalue weighted by molar-refractivity contribution is 0.208. The fraction of sp³-hybridized carbons (Fsp3) is 0.467. The first-order chi connectivity index (χ1) is 8.33. The number of aliphatic hydroxyl groups excluding tert-OH is 1. The molecular formula is C15H21IO. The van der Waals surface area contributed by atoms with E-state index in [-0.39, 0.29) is 6.10 Å². The summed E-state index contributed by atoms with van der Waals surface area (Å²) in [6, 6.07) is 10.6. The molecule has 1 unspecified atom stereocenters. The second-order valence-electron chi connectivity index (χ2n) is 4.32. The molecule has 0 bridgehead atoms. The molecule has 0 fully saturated rings. The quantitative estimate of drug-likeness (QED) is 0.544. The third kappa shape index (κ3) is 7.55. The Labute approximate surface area is 118 Å². The van der Waals surface area contributed by atoms with Gasteiger partial charge in [0.2, 0.25) is 0 Å². The molecule has 1 aromatic rings. The highest BCUT2D eigenvalue weighted by molar-refractivity contribution is 14.1. The Morgan fingerprint density at radius 3 is 2.47 bits per heavy atom. The van der Waals surface area contributed by atoms with Crippen LogP contribution in [0, 0.1) is 0 Å². The van der Waals surface area contributed by atoms with Gasteiger partial charge in [-0.15, -0.1) is 0 Å². The van der Waals surface area contributed by atoms with Crippen LogP contribution in [0.1, 0.15) is 37.7 Å². The van der Waals surface area contributed by atoms with E-state index in [1.54, 1.807) is 0 Å². The van der Waals surface area contributed by atoms with Crippen molar-refractivity contribution in [1.82, 2.24) is 0 Å². The lowest BCUT2D eigenvalue weighted by Gasteiger charge is -2.05. The van der Waals surface area contributed by atoms with Crippen molar-refractivity contribution in [3.63, 3.8) is 0 Å². The van der Waals surface area contributed by atoms with Crippen molar-refractivity contribution in [3.8, 4) is 0 Å². The van der Waals surface area contributed by atoms with Gasteiger partial charge in [-0.3, -0.25) is 0 Å². The van der Waals surface area contributed by atoms with Gasteiger partial charge in [0.1, 0.15) is 0 Å². The van der Waals surface area contributed by atoms with Crippen LogP contribution in [0.4, 0.5) is 0 Å². The van der Waals surface area contributed by atoms with E-state index in [1.165, 1.54) is 31.2 Å².